The molecule has 0 amide bonds. The van der Waals surface area contributed by atoms with Crippen LogP contribution >= 0.6 is 39.1 Å². The monoisotopic (exact) mass is 420 g/mol. The molecule has 0 saturated heterocycles. The van der Waals surface area contributed by atoms with Gasteiger partial charge in [0, 0.05) is 13.6 Å². The molecule has 0 unspecified atom stereocenters. The van der Waals surface area contributed by atoms with E-state index in [1.165, 1.54) is 12.1 Å². The average Bonchev–Trinajstić information content (AvgIpc) is 2.47. The Hall–Kier alpha value is -1.11. The SMILES string of the molecule is CNc1nc(Cl)nc(N(CC(C)C)c2ccc(F)cc2Cl)c1Br. The van der Waals surface area contributed by atoms with Crippen LogP contribution in [0, 0.1) is 11.7 Å². The van der Waals surface area contributed by atoms with Crippen LogP contribution in [-0.4, -0.2) is 23.6 Å². The molecule has 0 bridgehead atoms. The molecule has 1 heterocycles. The van der Waals surface area contributed by atoms with Crippen molar-refractivity contribution >= 4 is 56.5 Å². The van der Waals surface area contributed by atoms with Crippen LogP contribution in [0.15, 0.2) is 22.7 Å². The number of hydrogen-bond acceptors (Lipinski definition) is 4. The van der Waals surface area contributed by atoms with Crippen molar-refractivity contribution in [3.8, 4) is 0 Å². The van der Waals surface area contributed by atoms with E-state index in [-0.39, 0.29) is 11.1 Å². The second-order valence-electron chi connectivity index (χ2n) is 5.33. The molecule has 1 aromatic heterocycles. The van der Waals surface area contributed by atoms with Gasteiger partial charge in [-0.2, -0.15) is 9.97 Å². The van der Waals surface area contributed by atoms with E-state index in [4.69, 9.17) is 23.2 Å². The molecule has 23 heavy (non-hydrogen) atoms. The molecule has 4 nitrogen and oxygen atoms in total. The van der Waals surface area contributed by atoms with Crippen LogP contribution in [0.2, 0.25) is 10.3 Å². The lowest BCUT2D eigenvalue weighted by Gasteiger charge is -2.28. The summed E-state index contributed by atoms with van der Waals surface area (Å²) >= 11 is 15.8. The third kappa shape index (κ3) is 4.25. The average molecular weight is 422 g/mol. The quantitative estimate of drug-likeness (QED) is 0.645. The lowest BCUT2D eigenvalue weighted by Crippen LogP contribution is -2.24. The van der Waals surface area contributed by atoms with Gasteiger partial charge in [-0.25, -0.2) is 4.39 Å². The zero-order valence-corrected chi connectivity index (χ0v) is 16.0. The fourth-order valence-electron chi connectivity index (χ4n) is 2.12. The highest BCUT2D eigenvalue weighted by molar-refractivity contribution is 9.10. The summed E-state index contributed by atoms with van der Waals surface area (Å²) in [5.41, 5.74) is 0.652. The van der Waals surface area contributed by atoms with E-state index in [0.717, 1.165) is 0 Å². The van der Waals surface area contributed by atoms with Crippen molar-refractivity contribution in [3.63, 3.8) is 0 Å². The molecule has 1 aromatic carbocycles. The number of anilines is 3. The largest absolute Gasteiger partial charge is 0.372 e. The summed E-state index contributed by atoms with van der Waals surface area (Å²) in [6, 6.07) is 4.27. The van der Waals surface area contributed by atoms with Gasteiger partial charge < -0.3 is 10.2 Å². The second kappa shape index (κ2) is 7.64. The molecule has 0 atom stereocenters. The van der Waals surface area contributed by atoms with Crippen LogP contribution in [0.25, 0.3) is 0 Å². The molecule has 124 valence electrons. The Morgan fingerprint density at radius 3 is 2.57 bits per heavy atom. The summed E-state index contributed by atoms with van der Waals surface area (Å²) < 4.78 is 14.0. The standard InChI is InChI=1S/C15H16BrCl2FN4/c1-8(2)7-23(11-5-4-9(19)6-10(11)17)14-12(16)13(20-3)21-15(18)22-14/h4-6,8H,7H2,1-3H3,(H,20,21,22). The second-order valence-corrected chi connectivity index (χ2v) is 6.87. The van der Waals surface area contributed by atoms with E-state index in [1.54, 1.807) is 13.1 Å². The van der Waals surface area contributed by atoms with Crippen molar-refractivity contribution in [3.05, 3.63) is 38.8 Å². The van der Waals surface area contributed by atoms with E-state index in [9.17, 15) is 4.39 Å². The smallest absolute Gasteiger partial charge is 0.226 e. The number of nitrogens with one attached hydrogen (secondary N) is 1. The Labute approximate surface area is 153 Å². The summed E-state index contributed by atoms with van der Waals surface area (Å²) in [7, 11) is 1.74. The molecule has 0 aliphatic carbocycles. The van der Waals surface area contributed by atoms with Gasteiger partial charge >= 0.3 is 0 Å². The normalized spacial score (nSPS) is 11.0. The van der Waals surface area contributed by atoms with E-state index >= 15 is 0 Å². The lowest BCUT2D eigenvalue weighted by atomic mass is 10.2. The topological polar surface area (TPSA) is 41.1 Å². The van der Waals surface area contributed by atoms with Crippen LogP contribution in [0.4, 0.5) is 21.7 Å². The zero-order valence-electron chi connectivity index (χ0n) is 12.9. The highest BCUT2D eigenvalue weighted by Gasteiger charge is 2.21. The van der Waals surface area contributed by atoms with Crippen molar-refractivity contribution in [1.82, 2.24) is 9.97 Å². The summed E-state index contributed by atoms with van der Waals surface area (Å²) in [5.74, 6) is 1.05. The van der Waals surface area contributed by atoms with Gasteiger partial charge in [0.15, 0.2) is 5.82 Å². The molecular weight excluding hydrogens is 406 g/mol. The number of hydrogen-bond donors (Lipinski definition) is 1. The molecule has 2 rings (SSSR count). The molecule has 0 aliphatic rings. The number of halogens is 4. The molecule has 0 saturated carbocycles. The molecule has 0 aliphatic heterocycles. The zero-order chi connectivity index (χ0) is 17.1. The summed E-state index contributed by atoms with van der Waals surface area (Å²) in [5, 5.41) is 3.37. The maximum atomic E-state index is 13.4. The van der Waals surface area contributed by atoms with Gasteiger partial charge in [0.05, 0.1) is 10.7 Å². The van der Waals surface area contributed by atoms with E-state index in [1.807, 2.05) is 4.90 Å². The van der Waals surface area contributed by atoms with Gasteiger partial charge in [-0.3, -0.25) is 0 Å². The predicted octanol–water partition coefficient (Wildman–Crippen LogP) is 5.52. The van der Waals surface area contributed by atoms with Crippen LogP contribution in [-0.2, 0) is 0 Å². The fraction of sp³-hybridized carbons (Fsp3) is 0.333. The van der Waals surface area contributed by atoms with Crippen LogP contribution in [0.3, 0.4) is 0 Å². The van der Waals surface area contributed by atoms with Gasteiger partial charge in [-0.1, -0.05) is 25.4 Å². The first-order chi connectivity index (χ1) is 10.8. The Morgan fingerprint density at radius 1 is 1.30 bits per heavy atom. The Bertz CT molecular complexity index is 712. The van der Waals surface area contributed by atoms with Gasteiger partial charge in [0.2, 0.25) is 5.28 Å². The van der Waals surface area contributed by atoms with Crippen molar-refractivity contribution in [1.29, 1.82) is 0 Å². The summed E-state index contributed by atoms with van der Waals surface area (Å²) in [4.78, 5) is 10.3. The summed E-state index contributed by atoms with van der Waals surface area (Å²) in [6.45, 7) is 4.76. The van der Waals surface area contributed by atoms with E-state index in [0.29, 0.717) is 39.3 Å². The van der Waals surface area contributed by atoms with Crippen molar-refractivity contribution in [2.24, 2.45) is 5.92 Å². The van der Waals surface area contributed by atoms with Crippen LogP contribution in [0.1, 0.15) is 13.8 Å². The molecule has 0 fully saturated rings. The number of rotatable bonds is 5. The molecular formula is C15H16BrCl2FN4. The van der Waals surface area contributed by atoms with Crippen molar-refractivity contribution < 1.29 is 4.39 Å². The highest BCUT2D eigenvalue weighted by atomic mass is 79.9. The van der Waals surface area contributed by atoms with Crippen LogP contribution < -0.4 is 10.2 Å². The molecule has 8 heteroatoms. The number of aromatic nitrogens is 2. The van der Waals surface area contributed by atoms with Gasteiger partial charge in [0.25, 0.3) is 0 Å². The molecule has 0 radical (unpaired) electrons. The first-order valence-corrected chi connectivity index (χ1v) is 8.51. The van der Waals surface area contributed by atoms with Gasteiger partial charge in [-0.05, 0) is 51.6 Å². The Morgan fingerprint density at radius 2 is 2.00 bits per heavy atom. The highest BCUT2D eigenvalue weighted by Crippen LogP contribution is 2.38. The minimum absolute atomic E-state index is 0.111. The Kier molecular flexibility index (Phi) is 6.06. The number of benzene rings is 1. The first-order valence-electron chi connectivity index (χ1n) is 6.96. The van der Waals surface area contributed by atoms with Gasteiger partial charge in [-0.15, -0.1) is 0 Å². The molecule has 1 N–H and O–H groups in total. The fourth-order valence-corrected chi connectivity index (χ4v) is 3.14. The van der Waals surface area contributed by atoms with E-state index < -0.39 is 0 Å². The first kappa shape index (κ1) is 18.2. The minimum atomic E-state index is -0.390. The minimum Gasteiger partial charge on any atom is -0.372 e. The third-order valence-electron chi connectivity index (χ3n) is 3.05. The maximum absolute atomic E-state index is 13.4. The van der Waals surface area contributed by atoms with Crippen LogP contribution in [0.5, 0.6) is 0 Å². The molecule has 0 spiro atoms. The predicted molar refractivity (Wildman–Crippen MR) is 97.5 cm³/mol. The third-order valence-corrected chi connectivity index (χ3v) is 4.25. The summed E-state index contributed by atoms with van der Waals surface area (Å²) in [6.07, 6.45) is 0. The van der Waals surface area contributed by atoms with Gasteiger partial charge in [0.1, 0.15) is 16.1 Å². The van der Waals surface area contributed by atoms with Crippen molar-refractivity contribution in [2.75, 3.05) is 23.8 Å². The number of nitrogens with zero attached hydrogens (tertiary/aromatic N) is 3. The molecule has 2 aromatic rings. The Balaban J connectivity index is 2.62. The van der Waals surface area contributed by atoms with Crippen molar-refractivity contribution in [2.45, 2.75) is 13.8 Å². The lowest BCUT2D eigenvalue weighted by molar-refractivity contribution is 0.625. The maximum Gasteiger partial charge on any atom is 0.226 e. The van der Waals surface area contributed by atoms with E-state index in [2.05, 4.69) is 45.1 Å².